The van der Waals surface area contributed by atoms with Crippen LogP contribution in [0.1, 0.15) is 68.1 Å². The molecule has 0 unspecified atom stereocenters. The molecule has 0 aliphatic carbocycles. The Morgan fingerprint density at radius 1 is 0.976 bits per heavy atom. The van der Waals surface area contributed by atoms with Gasteiger partial charge in [-0.15, -0.1) is 0 Å². The summed E-state index contributed by atoms with van der Waals surface area (Å²) >= 11 is 6.61. The molecule has 2 saturated heterocycles. The zero-order chi connectivity index (χ0) is 29.3. The van der Waals surface area contributed by atoms with Crippen molar-refractivity contribution in [1.82, 2.24) is 19.6 Å². The quantitative estimate of drug-likeness (QED) is 0.364. The third kappa shape index (κ3) is 6.38. The Balaban J connectivity index is 1.39. The summed E-state index contributed by atoms with van der Waals surface area (Å²) in [7, 11) is 0. The zero-order valence-electron chi connectivity index (χ0n) is 24.6. The summed E-state index contributed by atoms with van der Waals surface area (Å²) in [6.45, 7) is 13.0. The van der Waals surface area contributed by atoms with Crippen molar-refractivity contribution in [3.05, 3.63) is 76.6 Å². The van der Waals surface area contributed by atoms with E-state index in [0.29, 0.717) is 49.6 Å². The molecule has 1 atom stereocenters. The lowest BCUT2D eigenvalue weighted by molar-refractivity contribution is 0.0203. The molecule has 2 fully saturated rings. The fourth-order valence-electron chi connectivity index (χ4n) is 5.90. The molecule has 218 valence electrons. The number of hydrogen-bond acceptors (Lipinski definition) is 5. The van der Waals surface area contributed by atoms with Crippen LogP contribution in [0.5, 0.6) is 0 Å². The highest BCUT2D eigenvalue weighted by molar-refractivity contribution is 6.32. The van der Waals surface area contributed by atoms with Crippen LogP contribution in [0.4, 0.5) is 10.5 Å². The number of nitrogens with zero attached hydrogens (tertiary/aromatic N) is 5. The normalized spacial score (nSPS) is 18.5. The van der Waals surface area contributed by atoms with E-state index in [-0.39, 0.29) is 24.0 Å². The van der Waals surface area contributed by atoms with Gasteiger partial charge in [-0.05, 0) is 77.3 Å². The summed E-state index contributed by atoms with van der Waals surface area (Å²) in [4.78, 5) is 32.9. The lowest BCUT2D eigenvalue weighted by Gasteiger charge is -2.41. The Morgan fingerprint density at radius 2 is 1.71 bits per heavy atom. The van der Waals surface area contributed by atoms with Crippen LogP contribution in [0, 0.1) is 6.92 Å². The number of likely N-dealkylation sites (tertiary alicyclic amines) is 1. The van der Waals surface area contributed by atoms with Gasteiger partial charge in [-0.1, -0.05) is 35.9 Å². The van der Waals surface area contributed by atoms with Crippen LogP contribution in [-0.2, 0) is 4.74 Å². The van der Waals surface area contributed by atoms with Gasteiger partial charge in [0.25, 0.3) is 5.91 Å². The molecule has 2 amide bonds. The molecule has 1 aromatic heterocycles. The molecule has 0 spiro atoms. The molecule has 0 saturated carbocycles. The second-order valence-corrected chi connectivity index (χ2v) is 12.6. The number of anilines is 1. The molecule has 0 radical (unpaired) electrons. The van der Waals surface area contributed by atoms with Crippen LogP contribution in [-0.4, -0.2) is 75.9 Å². The predicted molar refractivity (Wildman–Crippen MR) is 162 cm³/mol. The number of benzene rings is 2. The molecule has 3 heterocycles. The largest absolute Gasteiger partial charge is 0.444 e. The van der Waals surface area contributed by atoms with Crippen molar-refractivity contribution in [2.75, 3.05) is 37.6 Å². The van der Waals surface area contributed by atoms with Gasteiger partial charge >= 0.3 is 6.09 Å². The smallest absolute Gasteiger partial charge is 0.410 e. The van der Waals surface area contributed by atoms with Crippen molar-refractivity contribution >= 4 is 29.3 Å². The first kappa shape index (κ1) is 29.0. The third-order valence-corrected chi connectivity index (χ3v) is 8.22. The third-order valence-electron chi connectivity index (χ3n) is 7.90. The molecule has 2 aromatic carbocycles. The number of carbonyl (C=O) groups is 2. The van der Waals surface area contributed by atoms with Gasteiger partial charge in [0.1, 0.15) is 5.60 Å². The highest BCUT2D eigenvalue weighted by atomic mass is 35.5. The molecule has 0 N–H and O–H groups in total. The lowest BCUT2D eigenvalue weighted by atomic mass is 9.90. The average Bonchev–Trinajstić information content (AvgIpc) is 3.37. The van der Waals surface area contributed by atoms with Crippen molar-refractivity contribution in [2.45, 2.75) is 65.0 Å². The van der Waals surface area contributed by atoms with Crippen LogP contribution >= 0.6 is 11.6 Å². The standard InChI is InChI=1S/C32H40ClN5O3/c1-22-9-8-10-25(19-22)37-18-17-36(21-23(37)2)30(39)26-20-34-38(28-12-7-6-11-27(28)33)29(26)24-13-15-35(16-14-24)31(40)41-32(3,4)5/h6-12,19-20,23-24H,13-18,21H2,1-5H3/t23-/m0/s1. The van der Waals surface area contributed by atoms with E-state index < -0.39 is 5.60 Å². The maximum absolute atomic E-state index is 14.1. The lowest BCUT2D eigenvalue weighted by Crippen LogP contribution is -2.54. The van der Waals surface area contributed by atoms with Gasteiger partial charge in [0.2, 0.25) is 0 Å². The van der Waals surface area contributed by atoms with E-state index in [1.165, 1.54) is 11.3 Å². The van der Waals surface area contributed by atoms with E-state index in [9.17, 15) is 9.59 Å². The highest BCUT2D eigenvalue weighted by Crippen LogP contribution is 2.35. The summed E-state index contributed by atoms with van der Waals surface area (Å²) in [6.07, 6.45) is 2.80. The molecule has 0 bridgehead atoms. The topological polar surface area (TPSA) is 70.9 Å². The maximum Gasteiger partial charge on any atom is 0.410 e. The molecular formula is C32H40ClN5O3. The number of rotatable bonds is 4. The minimum atomic E-state index is -0.545. The number of aryl methyl sites for hydroxylation is 1. The van der Waals surface area contributed by atoms with Crippen molar-refractivity contribution in [2.24, 2.45) is 0 Å². The van der Waals surface area contributed by atoms with Crippen LogP contribution in [0.2, 0.25) is 5.02 Å². The summed E-state index contributed by atoms with van der Waals surface area (Å²) in [5, 5.41) is 5.27. The van der Waals surface area contributed by atoms with Gasteiger partial charge < -0.3 is 19.4 Å². The van der Waals surface area contributed by atoms with E-state index in [4.69, 9.17) is 21.4 Å². The van der Waals surface area contributed by atoms with Crippen molar-refractivity contribution in [3.63, 3.8) is 0 Å². The Morgan fingerprint density at radius 3 is 2.37 bits per heavy atom. The molecule has 3 aromatic rings. The fraction of sp³-hybridized carbons (Fsp3) is 0.469. The SMILES string of the molecule is Cc1cccc(N2CCN(C(=O)c3cnn(-c4ccccc4Cl)c3C3CCN(C(=O)OC(C)(C)C)CC3)C[C@@H]2C)c1. The number of carbonyl (C=O) groups excluding carboxylic acids is 2. The molecule has 9 heteroatoms. The first-order valence-corrected chi connectivity index (χ1v) is 14.8. The van der Waals surface area contributed by atoms with Gasteiger partial charge in [-0.25, -0.2) is 9.48 Å². The number of halogens is 1. The van der Waals surface area contributed by atoms with Crippen molar-refractivity contribution in [1.29, 1.82) is 0 Å². The average molecular weight is 578 g/mol. The summed E-state index contributed by atoms with van der Waals surface area (Å²) < 4.78 is 7.43. The first-order valence-electron chi connectivity index (χ1n) is 14.4. The molecule has 2 aliphatic rings. The van der Waals surface area contributed by atoms with E-state index in [1.54, 1.807) is 11.1 Å². The van der Waals surface area contributed by atoms with Gasteiger partial charge in [0, 0.05) is 50.4 Å². The monoisotopic (exact) mass is 577 g/mol. The van der Waals surface area contributed by atoms with Gasteiger partial charge in [0.15, 0.2) is 0 Å². The van der Waals surface area contributed by atoms with E-state index >= 15 is 0 Å². The van der Waals surface area contributed by atoms with Crippen LogP contribution in [0.3, 0.4) is 0 Å². The second kappa shape index (κ2) is 11.8. The molecule has 2 aliphatic heterocycles. The van der Waals surface area contributed by atoms with Crippen LogP contribution in [0.15, 0.2) is 54.7 Å². The number of aromatic nitrogens is 2. The second-order valence-electron chi connectivity index (χ2n) is 12.2. The minimum Gasteiger partial charge on any atom is -0.444 e. The van der Waals surface area contributed by atoms with E-state index in [2.05, 4.69) is 43.0 Å². The molecule has 8 nitrogen and oxygen atoms in total. The van der Waals surface area contributed by atoms with Gasteiger partial charge in [-0.2, -0.15) is 5.10 Å². The number of piperazine rings is 1. The number of ether oxygens (including phenoxy) is 1. The zero-order valence-corrected chi connectivity index (χ0v) is 25.4. The Labute approximate surface area is 247 Å². The summed E-state index contributed by atoms with van der Waals surface area (Å²) in [6, 6.07) is 16.3. The number of amides is 2. The minimum absolute atomic E-state index is 0.0105. The van der Waals surface area contributed by atoms with Crippen molar-refractivity contribution < 1.29 is 14.3 Å². The molecule has 41 heavy (non-hydrogen) atoms. The molecule has 5 rings (SSSR count). The summed E-state index contributed by atoms with van der Waals surface area (Å²) in [5.74, 6) is 0.0287. The predicted octanol–water partition coefficient (Wildman–Crippen LogP) is 6.30. The van der Waals surface area contributed by atoms with E-state index in [0.717, 1.165) is 17.9 Å². The van der Waals surface area contributed by atoms with Gasteiger partial charge in [0.05, 0.1) is 28.2 Å². The molecular weight excluding hydrogens is 538 g/mol. The number of hydrogen-bond donors (Lipinski definition) is 0. The Kier molecular flexibility index (Phi) is 8.32. The number of para-hydroxylation sites is 1. The van der Waals surface area contributed by atoms with Gasteiger partial charge in [-0.3, -0.25) is 4.79 Å². The van der Waals surface area contributed by atoms with Crippen molar-refractivity contribution in [3.8, 4) is 5.69 Å². The van der Waals surface area contributed by atoms with E-state index in [1.807, 2.05) is 54.6 Å². The maximum atomic E-state index is 14.1. The summed E-state index contributed by atoms with van der Waals surface area (Å²) in [5.41, 5.74) is 4.08. The van der Waals surface area contributed by atoms with Crippen LogP contribution in [0.25, 0.3) is 5.69 Å². The first-order chi connectivity index (χ1) is 19.5. The number of piperidine rings is 1. The Bertz CT molecular complexity index is 1410. The fourth-order valence-corrected chi connectivity index (χ4v) is 6.11. The highest BCUT2D eigenvalue weighted by Gasteiger charge is 2.35. The Hall–Kier alpha value is -3.52. The van der Waals surface area contributed by atoms with Crippen LogP contribution < -0.4 is 4.90 Å².